The monoisotopic (exact) mass is 477 g/mol. The summed E-state index contributed by atoms with van der Waals surface area (Å²) in [4.78, 5) is 28.5. The zero-order chi connectivity index (χ0) is 23.8. The Morgan fingerprint density at radius 3 is 2.62 bits per heavy atom. The fourth-order valence-corrected chi connectivity index (χ4v) is 6.96. The van der Waals surface area contributed by atoms with Crippen molar-refractivity contribution < 1.29 is 14.3 Å². The highest BCUT2D eigenvalue weighted by molar-refractivity contribution is 6.38. The summed E-state index contributed by atoms with van der Waals surface area (Å²) in [5.74, 6) is 2.23. The molecule has 3 atom stereocenters. The van der Waals surface area contributed by atoms with Gasteiger partial charge in [0, 0.05) is 24.4 Å². The van der Waals surface area contributed by atoms with E-state index in [1.807, 2.05) is 26.8 Å². The highest BCUT2D eigenvalue weighted by atomic mass is 35.5. The minimum absolute atomic E-state index is 0.0343. The highest BCUT2D eigenvalue weighted by Gasteiger charge is 2.57. The van der Waals surface area contributed by atoms with Crippen LogP contribution in [0, 0.1) is 23.7 Å². The van der Waals surface area contributed by atoms with Gasteiger partial charge in [-0.1, -0.05) is 50.4 Å². The van der Waals surface area contributed by atoms with Gasteiger partial charge < -0.3 is 9.64 Å². The van der Waals surface area contributed by atoms with Crippen molar-refractivity contribution in [2.45, 2.75) is 77.6 Å². The van der Waals surface area contributed by atoms with E-state index in [1.54, 1.807) is 4.90 Å². The molecule has 1 fully saturated rings. The van der Waals surface area contributed by atoms with Gasteiger partial charge in [0.15, 0.2) is 0 Å². The SMILES string of the molecule is C#CCCCN1C(=O)C[C@H]2[C@](C)(C(=O)OC)CCC[C@]2(C)c2cc(Cl)c(C(C)C)c(Cl)c21. The summed E-state index contributed by atoms with van der Waals surface area (Å²) in [5.41, 5.74) is 1.31. The quantitative estimate of drug-likeness (QED) is 0.276. The van der Waals surface area contributed by atoms with Crippen molar-refractivity contribution in [1.29, 1.82) is 0 Å². The lowest BCUT2D eigenvalue weighted by Crippen LogP contribution is -2.51. The van der Waals surface area contributed by atoms with E-state index >= 15 is 0 Å². The van der Waals surface area contributed by atoms with Crippen molar-refractivity contribution in [1.82, 2.24) is 0 Å². The van der Waals surface area contributed by atoms with Crippen LogP contribution in [0.25, 0.3) is 0 Å². The van der Waals surface area contributed by atoms with Gasteiger partial charge in [-0.25, -0.2) is 0 Å². The zero-order valence-corrected chi connectivity index (χ0v) is 21.2. The number of nitrogens with zero attached hydrogens (tertiary/aromatic N) is 1. The van der Waals surface area contributed by atoms with Crippen molar-refractivity contribution in [2.75, 3.05) is 18.6 Å². The van der Waals surface area contributed by atoms with Crippen LogP contribution in [0.5, 0.6) is 0 Å². The van der Waals surface area contributed by atoms with E-state index in [1.165, 1.54) is 7.11 Å². The molecule has 1 aromatic rings. The highest BCUT2D eigenvalue weighted by Crippen LogP contribution is 2.59. The number of rotatable bonds is 5. The standard InChI is InChI=1S/C26H33Cl2NO3/c1-7-8-9-13-29-20(30)15-19-25(4,11-10-12-26(19,5)24(31)32-6)17-14-18(27)21(16(2)3)22(28)23(17)29/h1,14,16,19H,8-13,15H2,2-6H3/t19-,25-,26-/m1/s1. The fourth-order valence-electron chi connectivity index (χ4n) is 5.96. The average molecular weight is 478 g/mol. The smallest absolute Gasteiger partial charge is 0.311 e. The van der Waals surface area contributed by atoms with Gasteiger partial charge in [-0.05, 0) is 60.6 Å². The molecule has 32 heavy (non-hydrogen) atoms. The van der Waals surface area contributed by atoms with Crippen LogP contribution in [0.4, 0.5) is 5.69 Å². The molecular weight excluding hydrogens is 445 g/mol. The second-order valence-electron chi connectivity index (χ2n) is 9.93. The molecule has 1 saturated carbocycles. The topological polar surface area (TPSA) is 46.6 Å². The summed E-state index contributed by atoms with van der Waals surface area (Å²) in [6.07, 6.45) is 9.34. The maximum atomic E-state index is 13.7. The number of amides is 1. The summed E-state index contributed by atoms with van der Waals surface area (Å²) >= 11 is 13.8. The molecule has 1 aromatic carbocycles. The van der Waals surface area contributed by atoms with E-state index in [0.717, 1.165) is 29.7 Å². The van der Waals surface area contributed by atoms with Crippen LogP contribution in [0.1, 0.15) is 83.3 Å². The molecule has 174 valence electrons. The van der Waals surface area contributed by atoms with E-state index in [4.69, 9.17) is 34.4 Å². The third-order valence-corrected chi connectivity index (χ3v) is 8.35. The predicted molar refractivity (Wildman–Crippen MR) is 130 cm³/mol. The Hall–Kier alpha value is -1.70. The van der Waals surface area contributed by atoms with E-state index in [0.29, 0.717) is 35.9 Å². The number of methoxy groups -OCH3 is 1. The molecule has 6 heteroatoms. The molecule has 0 N–H and O–H groups in total. The van der Waals surface area contributed by atoms with E-state index in [9.17, 15) is 9.59 Å². The molecule has 0 unspecified atom stereocenters. The fraction of sp³-hybridized carbons (Fsp3) is 0.615. The van der Waals surface area contributed by atoms with Crippen molar-refractivity contribution in [3.05, 3.63) is 27.2 Å². The first kappa shape index (κ1) is 24.9. The molecule has 0 radical (unpaired) electrons. The molecule has 1 aliphatic carbocycles. The third kappa shape index (κ3) is 3.93. The van der Waals surface area contributed by atoms with Crippen molar-refractivity contribution in [3.63, 3.8) is 0 Å². The third-order valence-electron chi connectivity index (χ3n) is 7.66. The molecule has 0 bridgehead atoms. The summed E-state index contributed by atoms with van der Waals surface area (Å²) in [6, 6.07) is 1.99. The Balaban J connectivity index is 2.31. The lowest BCUT2D eigenvalue weighted by Gasteiger charge is -2.50. The summed E-state index contributed by atoms with van der Waals surface area (Å²) in [5, 5.41) is 1.13. The summed E-state index contributed by atoms with van der Waals surface area (Å²) in [7, 11) is 1.42. The van der Waals surface area contributed by atoms with Crippen LogP contribution in [0.3, 0.4) is 0 Å². The molecular formula is C26H33Cl2NO3. The Labute approximate surface area is 202 Å². The molecule has 1 aliphatic heterocycles. The van der Waals surface area contributed by atoms with Crippen molar-refractivity contribution in [2.24, 2.45) is 11.3 Å². The molecule has 0 spiro atoms. The van der Waals surface area contributed by atoms with Crippen LogP contribution < -0.4 is 4.90 Å². The first-order valence-corrected chi connectivity index (χ1v) is 12.1. The second-order valence-corrected chi connectivity index (χ2v) is 10.7. The van der Waals surface area contributed by atoms with E-state index < -0.39 is 10.8 Å². The molecule has 0 saturated heterocycles. The van der Waals surface area contributed by atoms with Gasteiger partial charge in [-0.3, -0.25) is 9.59 Å². The molecule has 0 aromatic heterocycles. The predicted octanol–water partition coefficient (Wildman–Crippen LogP) is 6.50. The number of unbranched alkanes of at least 4 members (excludes halogenated alkanes) is 1. The van der Waals surface area contributed by atoms with Gasteiger partial charge in [-0.2, -0.15) is 0 Å². The van der Waals surface area contributed by atoms with Gasteiger partial charge in [0.2, 0.25) is 5.91 Å². The Morgan fingerprint density at radius 1 is 1.34 bits per heavy atom. The number of carbonyl (C=O) groups is 2. The lowest BCUT2D eigenvalue weighted by molar-refractivity contribution is -0.161. The van der Waals surface area contributed by atoms with Gasteiger partial charge in [0.1, 0.15) is 0 Å². The van der Waals surface area contributed by atoms with Crippen LogP contribution in [0.2, 0.25) is 10.0 Å². The number of carbonyl (C=O) groups excluding carboxylic acids is 2. The molecule has 2 aliphatic rings. The number of terminal acetylenes is 1. The minimum atomic E-state index is -0.765. The summed E-state index contributed by atoms with van der Waals surface area (Å²) in [6.45, 7) is 8.65. The Morgan fingerprint density at radius 2 is 2.03 bits per heavy atom. The maximum absolute atomic E-state index is 13.7. The molecule has 4 nitrogen and oxygen atoms in total. The van der Waals surface area contributed by atoms with Crippen LogP contribution >= 0.6 is 23.2 Å². The van der Waals surface area contributed by atoms with E-state index in [-0.39, 0.29) is 30.1 Å². The number of ether oxygens (including phenoxy) is 1. The number of anilines is 1. The van der Waals surface area contributed by atoms with Crippen LogP contribution in [-0.4, -0.2) is 25.5 Å². The first-order valence-electron chi connectivity index (χ1n) is 11.4. The van der Waals surface area contributed by atoms with Gasteiger partial charge in [0.05, 0.1) is 23.2 Å². The van der Waals surface area contributed by atoms with Crippen molar-refractivity contribution >= 4 is 40.8 Å². The van der Waals surface area contributed by atoms with Gasteiger partial charge in [-0.15, -0.1) is 12.3 Å². The number of benzene rings is 1. The van der Waals surface area contributed by atoms with Crippen LogP contribution in [-0.2, 0) is 19.7 Å². The van der Waals surface area contributed by atoms with E-state index in [2.05, 4.69) is 12.8 Å². The molecule has 1 heterocycles. The second kappa shape index (κ2) is 9.27. The van der Waals surface area contributed by atoms with Crippen LogP contribution in [0.15, 0.2) is 6.07 Å². The maximum Gasteiger partial charge on any atom is 0.311 e. The largest absolute Gasteiger partial charge is 0.469 e. The normalized spacial score (nSPS) is 27.4. The number of esters is 1. The number of fused-ring (bicyclic) bond motifs is 3. The van der Waals surface area contributed by atoms with Gasteiger partial charge in [0.25, 0.3) is 0 Å². The Kier molecular flexibility index (Phi) is 7.23. The number of hydrogen-bond donors (Lipinski definition) is 0. The van der Waals surface area contributed by atoms with Crippen molar-refractivity contribution in [3.8, 4) is 12.3 Å². The number of halogens is 2. The lowest BCUT2D eigenvalue weighted by atomic mass is 9.53. The Bertz CT molecular complexity index is 967. The molecule has 3 rings (SSSR count). The first-order chi connectivity index (χ1) is 15.0. The summed E-state index contributed by atoms with van der Waals surface area (Å²) < 4.78 is 5.22. The molecule has 1 amide bonds. The average Bonchev–Trinajstić information content (AvgIpc) is 2.82. The van der Waals surface area contributed by atoms with Gasteiger partial charge >= 0.3 is 5.97 Å². The zero-order valence-electron chi connectivity index (χ0n) is 19.7. The minimum Gasteiger partial charge on any atom is -0.469 e. The number of hydrogen-bond acceptors (Lipinski definition) is 3.